The van der Waals surface area contributed by atoms with Crippen molar-refractivity contribution in [2.45, 2.75) is 32.1 Å². The summed E-state index contributed by atoms with van der Waals surface area (Å²) in [6, 6.07) is 6.19. The molecule has 2 rings (SSSR count). The monoisotopic (exact) mass is 266 g/mol. The molecule has 0 aliphatic heterocycles. The van der Waals surface area contributed by atoms with Gasteiger partial charge in [-0.3, -0.25) is 4.79 Å². The van der Waals surface area contributed by atoms with Crippen molar-refractivity contribution in [3.05, 3.63) is 34.9 Å². The minimum Gasteiger partial charge on any atom is -0.293 e. The van der Waals surface area contributed by atoms with E-state index in [0.717, 1.165) is 12.0 Å². The number of ketones is 1. The Hall–Kier alpha value is -0.630. The second kappa shape index (κ2) is 4.93. The Morgan fingerprint density at radius 1 is 1.13 bits per heavy atom. The molecular formula is C13H15BrO. The smallest absolute Gasteiger partial charge is 0.173 e. The molecule has 1 aromatic carbocycles. The summed E-state index contributed by atoms with van der Waals surface area (Å²) in [7, 11) is 0. The average molecular weight is 267 g/mol. The largest absolute Gasteiger partial charge is 0.293 e. The van der Waals surface area contributed by atoms with Crippen molar-refractivity contribution in [2.75, 3.05) is 5.33 Å². The van der Waals surface area contributed by atoms with Gasteiger partial charge in [-0.15, -0.1) is 0 Å². The number of alkyl halides is 1. The molecule has 0 aromatic heterocycles. The molecule has 1 aromatic rings. The van der Waals surface area contributed by atoms with Crippen LogP contribution in [0, 0.1) is 0 Å². The Kier molecular flexibility index (Phi) is 3.57. The quantitative estimate of drug-likeness (QED) is 0.455. The molecule has 0 amide bonds. The lowest BCUT2D eigenvalue weighted by Gasteiger charge is -2.07. The third-order valence-electron chi connectivity index (χ3n) is 3.04. The molecule has 80 valence electrons. The number of Topliss-reactive ketones (excluding diaryl/α,β-unsaturated/α-hetero) is 1. The van der Waals surface area contributed by atoms with Gasteiger partial charge in [0.1, 0.15) is 0 Å². The maximum absolute atomic E-state index is 11.5. The lowest BCUT2D eigenvalue weighted by atomic mass is 9.99. The Labute approximate surface area is 99.0 Å². The molecule has 0 radical (unpaired) electrons. The molecule has 0 spiro atoms. The summed E-state index contributed by atoms with van der Waals surface area (Å²) in [4.78, 5) is 11.5. The Balaban J connectivity index is 2.31. The van der Waals surface area contributed by atoms with Crippen LogP contribution < -0.4 is 0 Å². The molecule has 2 heteroatoms. The van der Waals surface area contributed by atoms with Gasteiger partial charge in [-0.2, -0.15) is 0 Å². The number of rotatable bonds is 2. The SMILES string of the molecule is O=C(CBr)c1ccc2c(c1)CCCCC2. The first-order chi connectivity index (χ1) is 7.31. The number of hydrogen-bond donors (Lipinski definition) is 0. The van der Waals surface area contributed by atoms with Gasteiger partial charge in [0.05, 0.1) is 5.33 Å². The Morgan fingerprint density at radius 3 is 2.60 bits per heavy atom. The van der Waals surface area contributed by atoms with Gasteiger partial charge < -0.3 is 0 Å². The van der Waals surface area contributed by atoms with Gasteiger partial charge >= 0.3 is 0 Å². The number of hydrogen-bond acceptors (Lipinski definition) is 1. The number of aryl methyl sites for hydroxylation is 2. The fourth-order valence-corrected chi connectivity index (χ4v) is 2.48. The number of carbonyl (C=O) groups is 1. The zero-order valence-electron chi connectivity index (χ0n) is 8.76. The van der Waals surface area contributed by atoms with E-state index in [2.05, 4.69) is 28.1 Å². The van der Waals surface area contributed by atoms with Crippen LogP contribution in [0.5, 0.6) is 0 Å². The molecule has 15 heavy (non-hydrogen) atoms. The van der Waals surface area contributed by atoms with E-state index in [0.29, 0.717) is 5.33 Å². The molecule has 1 nitrogen and oxygen atoms in total. The van der Waals surface area contributed by atoms with Crippen LogP contribution in [-0.2, 0) is 12.8 Å². The molecule has 0 bridgehead atoms. The summed E-state index contributed by atoms with van der Waals surface area (Å²) in [5.74, 6) is 0.182. The van der Waals surface area contributed by atoms with Gasteiger partial charge in [0.25, 0.3) is 0 Å². The predicted molar refractivity (Wildman–Crippen MR) is 65.8 cm³/mol. The summed E-state index contributed by atoms with van der Waals surface area (Å²) >= 11 is 3.21. The van der Waals surface area contributed by atoms with E-state index in [-0.39, 0.29) is 5.78 Å². The second-order valence-electron chi connectivity index (χ2n) is 4.10. The molecule has 0 N–H and O–H groups in total. The van der Waals surface area contributed by atoms with Crippen LogP contribution in [0.3, 0.4) is 0 Å². The van der Waals surface area contributed by atoms with Crippen LogP contribution >= 0.6 is 15.9 Å². The molecule has 1 aliphatic carbocycles. The number of benzene rings is 1. The highest BCUT2D eigenvalue weighted by molar-refractivity contribution is 9.09. The minimum atomic E-state index is 0.182. The lowest BCUT2D eigenvalue weighted by molar-refractivity contribution is 0.102. The minimum absolute atomic E-state index is 0.182. The molecule has 0 atom stereocenters. The van der Waals surface area contributed by atoms with Gasteiger partial charge in [-0.25, -0.2) is 0 Å². The predicted octanol–water partition coefficient (Wildman–Crippen LogP) is 3.53. The van der Waals surface area contributed by atoms with Crippen LogP contribution in [0.25, 0.3) is 0 Å². The van der Waals surface area contributed by atoms with Crippen LogP contribution in [0.4, 0.5) is 0 Å². The molecular weight excluding hydrogens is 252 g/mol. The Morgan fingerprint density at radius 2 is 1.87 bits per heavy atom. The van der Waals surface area contributed by atoms with Crippen molar-refractivity contribution >= 4 is 21.7 Å². The van der Waals surface area contributed by atoms with Gasteiger partial charge in [0.2, 0.25) is 0 Å². The highest BCUT2D eigenvalue weighted by Crippen LogP contribution is 2.22. The molecule has 0 saturated heterocycles. The van der Waals surface area contributed by atoms with E-state index in [4.69, 9.17) is 0 Å². The van der Waals surface area contributed by atoms with Crippen molar-refractivity contribution in [2.24, 2.45) is 0 Å². The van der Waals surface area contributed by atoms with E-state index in [1.54, 1.807) is 0 Å². The molecule has 0 saturated carbocycles. The van der Waals surface area contributed by atoms with Gasteiger partial charge in [0, 0.05) is 5.56 Å². The lowest BCUT2D eigenvalue weighted by Crippen LogP contribution is -2.02. The Bertz CT molecular complexity index is 371. The van der Waals surface area contributed by atoms with E-state index >= 15 is 0 Å². The van der Waals surface area contributed by atoms with E-state index < -0.39 is 0 Å². The van der Waals surface area contributed by atoms with E-state index in [1.807, 2.05) is 6.07 Å². The zero-order valence-corrected chi connectivity index (χ0v) is 10.3. The first kappa shape index (κ1) is 10.9. The van der Waals surface area contributed by atoms with Gasteiger partial charge in [-0.1, -0.05) is 34.5 Å². The van der Waals surface area contributed by atoms with E-state index in [1.165, 1.54) is 36.8 Å². The number of fused-ring (bicyclic) bond motifs is 1. The third kappa shape index (κ3) is 2.49. The number of halogens is 1. The maximum Gasteiger partial charge on any atom is 0.173 e. The second-order valence-corrected chi connectivity index (χ2v) is 4.66. The molecule has 0 fully saturated rings. The van der Waals surface area contributed by atoms with Crippen molar-refractivity contribution in [3.63, 3.8) is 0 Å². The summed E-state index contributed by atoms with van der Waals surface area (Å²) in [6.45, 7) is 0. The summed E-state index contributed by atoms with van der Waals surface area (Å²) < 4.78 is 0. The summed E-state index contributed by atoms with van der Waals surface area (Å²) in [5, 5.41) is 0.422. The zero-order chi connectivity index (χ0) is 10.7. The van der Waals surface area contributed by atoms with E-state index in [9.17, 15) is 4.79 Å². The third-order valence-corrected chi connectivity index (χ3v) is 3.55. The van der Waals surface area contributed by atoms with Crippen molar-refractivity contribution in [3.8, 4) is 0 Å². The van der Waals surface area contributed by atoms with Crippen LogP contribution in [0.15, 0.2) is 18.2 Å². The average Bonchev–Trinajstić information content (AvgIpc) is 2.51. The topological polar surface area (TPSA) is 17.1 Å². The first-order valence-corrected chi connectivity index (χ1v) is 6.64. The first-order valence-electron chi connectivity index (χ1n) is 5.52. The summed E-state index contributed by atoms with van der Waals surface area (Å²) in [5.41, 5.74) is 3.69. The van der Waals surface area contributed by atoms with Gasteiger partial charge in [0.15, 0.2) is 5.78 Å². The molecule has 1 aliphatic rings. The highest BCUT2D eigenvalue weighted by Gasteiger charge is 2.10. The highest BCUT2D eigenvalue weighted by atomic mass is 79.9. The standard InChI is InChI=1S/C13H15BrO/c14-9-13(15)12-7-6-10-4-2-1-3-5-11(10)8-12/h6-8H,1-5,9H2. The van der Waals surface area contributed by atoms with Crippen LogP contribution in [-0.4, -0.2) is 11.1 Å². The van der Waals surface area contributed by atoms with Crippen LogP contribution in [0.1, 0.15) is 40.7 Å². The van der Waals surface area contributed by atoms with Crippen molar-refractivity contribution in [1.82, 2.24) is 0 Å². The molecule has 0 heterocycles. The van der Waals surface area contributed by atoms with Crippen LogP contribution in [0.2, 0.25) is 0 Å². The van der Waals surface area contributed by atoms with Gasteiger partial charge in [-0.05, 0) is 42.9 Å². The normalized spacial score (nSPS) is 15.5. The summed E-state index contributed by atoms with van der Waals surface area (Å²) in [6.07, 6.45) is 6.19. The number of carbonyl (C=O) groups excluding carboxylic acids is 1. The fraction of sp³-hybridized carbons (Fsp3) is 0.462. The van der Waals surface area contributed by atoms with Crippen molar-refractivity contribution in [1.29, 1.82) is 0 Å². The maximum atomic E-state index is 11.5. The fourth-order valence-electron chi connectivity index (χ4n) is 2.16. The van der Waals surface area contributed by atoms with Crippen molar-refractivity contribution < 1.29 is 4.79 Å². The molecule has 0 unspecified atom stereocenters.